The molecule has 2 bridgehead atoms. The number of carbonyl (C=O) groups excluding carboxylic acids is 4. The van der Waals surface area contributed by atoms with Gasteiger partial charge < -0.3 is 39.5 Å². The molecule has 1 unspecified atom stereocenters. The molecule has 58 heavy (non-hydrogen) atoms. The topological polar surface area (TPSA) is 180 Å². The minimum Gasteiger partial charge on any atom is -0.460 e. The molecule has 0 radical (unpaired) electrons. The maximum absolute atomic E-state index is 14.2. The summed E-state index contributed by atoms with van der Waals surface area (Å²) >= 11 is 0. The van der Waals surface area contributed by atoms with E-state index in [1.807, 2.05) is 45.1 Å². The Morgan fingerprint density at radius 2 is 1.64 bits per heavy atom. The number of ketones is 2. The minimum atomic E-state index is -2.43. The van der Waals surface area contributed by atoms with E-state index in [-0.39, 0.29) is 67.8 Å². The van der Waals surface area contributed by atoms with Gasteiger partial charge in [-0.2, -0.15) is 0 Å². The van der Waals surface area contributed by atoms with Crippen molar-refractivity contribution in [2.24, 2.45) is 29.6 Å². The van der Waals surface area contributed by atoms with Crippen molar-refractivity contribution in [3.05, 3.63) is 47.6 Å². The normalized spacial score (nSPS) is 40.8. The van der Waals surface area contributed by atoms with Gasteiger partial charge in [-0.1, -0.05) is 64.2 Å². The molecule has 4 N–H and O–H groups in total. The van der Waals surface area contributed by atoms with Crippen LogP contribution in [0, 0.1) is 29.6 Å². The highest BCUT2D eigenvalue weighted by molar-refractivity contribution is 6.39. The molecule has 3 aliphatic heterocycles. The Morgan fingerprint density at radius 1 is 0.897 bits per heavy atom. The highest BCUT2D eigenvalue weighted by atomic mass is 16.6. The van der Waals surface area contributed by atoms with Gasteiger partial charge in [0.15, 0.2) is 0 Å². The van der Waals surface area contributed by atoms with E-state index >= 15 is 0 Å². The Morgan fingerprint density at radius 3 is 2.36 bits per heavy atom. The zero-order chi connectivity index (χ0) is 42.7. The van der Waals surface area contributed by atoms with Crippen LogP contribution in [0.3, 0.4) is 0 Å². The average molecular weight is 814 g/mol. The molecule has 0 aromatic heterocycles. The molecule has 2 saturated heterocycles. The zero-order valence-electron chi connectivity index (χ0n) is 35.9. The molecule has 4 aliphatic rings. The predicted octanol–water partition coefficient (Wildman–Crippen LogP) is 5.70. The van der Waals surface area contributed by atoms with Gasteiger partial charge in [0.25, 0.3) is 11.7 Å². The summed E-state index contributed by atoms with van der Waals surface area (Å²) in [6, 6.07) is -1.06. The second-order valence-corrected chi connectivity index (χ2v) is 17.9. The van der Waals surface area contributed by atoms with Gasteiger partial charge in [-0.25, -0.2) is 4.79 Å². The fourth-order valence-electron chi connectivity index (χ4n) is 9.00. The van der Waals surface area contributed by atoms with Crippen molar-refractivity contribution in [3.8, 4) is 0 Å². The zero-order valence-corrected chi connectivity index (χ0v) is 35.9. The largest absolute Gasteiger partial charge is 0.460 e. The van der Waals surface area contributed by atoms with E-state index in [2.05, 4.69) is 0 Å². The first-order chi connectivity index (χ1) is 27.4. The summed E-state index contributed by atoms with van der Waals surface area (Å²) in [4.78, 5) is 56.7. The lowest BCUT2D eigenvalue weighted by molar-refractivity contribution is -0.265. The molecule has 1 aliphatic carbocycles. The highest BCUT2D eigenvalue weighted by Crippen LogP contribution is 2.37. The van der Waals surface area contributed by atoms with E-state index < -0.39 is 65.9 Å². The summed E-state index contributed by atoms with van der Waals surface area (Å²) in [5.41, 5.74) is 1.25. The molecule has 12 nitrogen and oxygen atoms in total. The first kappa shape index (κ1) is 47.7. The van der Waals surface area contributed by atoms with Crippen LogP contribution < -0.4 is 0 Å². The van der Waals surface area contributed by atoms with E-state index in [0.717, 1.165) is 6.42 Å². The molecule has 0 aromatic carbocycles. The fraction of sp³-hybridized carbons (Fsp3) is 0.739. The van der Waals surface area contributed by atoms with Gasteiger partial charge in [-0.3, -0.25) is 14.4 Å². The number of carbonyl (C=O) groups is 4. The molecule has 3 heterocycles. The van der Waals surface area contributed by atoms with Crippen LogP contribution in [0.2, 0.25) is 0 Å². The van der Waals surface area contributed by atoms with Gasteiger partial charge in [-0.15, -0.1) is 0 Å². The number of Topliss-reactive ketones (excluding diaryl/α,β-unsaturated/α-hetero) is 2. The summed E-state index contributed by atoms with van der Waals surface area (Å²) in [6.45, 7) is 11.2. The third-order valence-corrected chi connectivity index (χ3v) is 13.2. The average Bonchev–Trinajstić information content (AvgIpc) is 3.19. The quantitative estimate of drug-likeness (QED) is 0.156. The Hall–Kier alpha value is -3.00. The molecule has 0 aromatic rings. The Bertz CT molecular complexity index is 1540. The number of ether oxygens (including phenoxy) is 3. The molecular weight excluding hydrogens is 743 g/mol. The number of allylic oxidation sites excluding steroid dienone is 5. The maximum atomic E-state index is 14.2. The van der Waals surface area contributed by atoms with Gasteiger partial charge in [0, 0.05) is 44.8 Å². The number of fused-ring (bicyclic) bond motifs is 3. The summed E-state index contributed by atoms with van der Waals surface area (Å²) < 4.78 is 17.8. The van der Waals surface area contributed by atoms with Gasteiger partial charge >= 0.3 is 5.97 Å². The number of rotatable bonds is 4. The second-order valence-electron chi connectivity index (χ2n) is 17.9. The molecule has 13 atom stereocenters. The standard InChI is InChI=1S/C46H71NO11/c1-28-13-9-8-10-14-29(2)38(49)26-35-19-17-33(6)46(55,58-35)43(52)44(53)47-22-12-11-15-36(47)45(54)57-41(21-16-30(3)39(50)27-40(51)31(4)23-28)32(5)24-34-18-20-37(48)42(25-34)56-7/h8-10,13-14,16,28,31-39,41-42,48-50,55H,11-12,15,17-27H2,1-7H3/b10-8+,13-9+,29-14+,30-16+/t28-,31-,32-,33-,34+,35+,36+,37-,38+,39+,41?,42-,46-/m1/s1. The van der Waals surface area contributed by atoms with Crippen LogP contribution in [0.4, 0.5) is 0 Å². The van der Waals surface area contributed by atoms with Crippen LogP contribution in [0.1, 0.15) is 125 Å². The number of aliphatic hydroxyl groups excluding tert-OH is 3. The molecule has 3 fully saturated rings. The summed E-state index contributed by atoms with van der Waals surface area (Å²) in [7, 11) is 1.59. The number of hydrogen-bond acceptors (Lipinski definition) is 11. The van der Waals surface area contributed by atoms with Gasteiger partial charge in [0.1, 0.15) is 17.9 Å². The van der Waals surface area contributed by atoms with Gasteiger partial charge in [0.05, 0.1) is 30.5 Å². The molecule has 1 amide bonds. The van der Waals surface area contributed by atoms with Crippen molar-refractivity contribution in [2.75, 3.05) is 13.7 Å². The lowest BCUT2D eigenvalue weighted by Gasteiger charge is -2.42. The first-order valence-corrected chi connectivity index (χ1v) is 21.7. The molecule has 326 valence electrons. The van der Waals surface area contributed by atoms with E-state index in [1.54, 1.807) is 40.0 Å². The number of nitrogens with zero attached hydrogens (tertiary/aromatic N) is 1. The van der Waals surface area contributed by atoms with Crippen molar-refractivity contribution >= 4 is 23.4 Å². The van der Waals surface area contributed by atoms with Crippen molar-refractivity contribution in [1.29, 1.82) is 0 Å². The molecule has 12 heteroatoms. The van der Waals surface area contributed by atoms with Gasteiger partial charge in [-0.05, 0) is 107 Å². The number of esters is 1. The number of methoxy groups -OCH3 is 1. The van der Waals surface area contributed by atoms with Crippen LogP contribution in [0.15, 0.2) is 47.6 Å². The van der Waals surface area contributed by atoms with E-state index in [4.69, 9.17) is 14.2 Å². The van der Waals surface area contributed by atoms with E-state index in [9.17, 15) is 39.6 Å². The van der Waals surface area contributed by atoms with Crippen LogP contribution in [-0.2, 0) is 33.4 Å². The highest BCUT2D eigenvalue weighted by Gasteiger charge is 2.53. The second kappa shape index (κ2) is 22.0. The van der Waals surface area contributed by atoms with Crippen molar-refractivity contribution in [3.63, 3.8) is 0 Å². The van der Waals surface area contributed by atoms with Crippen molar-refractivity contribution in [2.45, 2.75) is 173 Å². The number of cyclic esters (lactones) is 1. The molecular formula is C46H71NO11. The first-order valence-electron chi connectivity index (χ1n) is 21.7. The van der Waals surface area contributed by atoms with Crippen LogP contribution in [0.5, 0.6) is 0 Å². The summed E-state index contributed by atoms with van der Waals surface area (Å²) in [6.07, 6.45) is 13.0. The third-order valence-electron chi connectivity index (χ3n) is 13.2. The molecule has 1 saturated carbocycles. The lowest BCUT2D eigenvalue weighted by Crippen LogP contribution is -2.60. The predicted molar refractivity (Wildman–Crippen MR) is 220 cm³/mol. The summed E-state index contributed by atoms with van der Waals surface area (Å²) in [5, 5.41) is 44.3. The van der Waals surface area contributed by atoms with E-state index in [1.165, 1.54) is 4.90 Å². The SMILES string of the molecule is CO[C@@H]1C[C@H](C[C@@H](C)C2C/C=C(\C)[C@@H](O)CC(=O)[C@H](C)C[C@H](C)/C=C/C=C/C=C(\C)[C@@H](O)C[C@@H]3CC[C@@H](C)[C@@](O)(O3)C(=O)C(=O)N3CCCC[C@H]3C(=O)O2)CC[C@H]1O. The smallest absolute Gasteiger partial charge is 0.329 e. The van der Waals surface area contributed by atoms with Crippen LogP contribution in [-0.4, -0.2) is 111 Å². The Balaban J connectivity index is 1.64. The number of piperidine rings is 1. The molecule has 4 rings (SSSR count). The molecule has 0 spiro atoms. The number of hydrogen-bond donors (Lipinski definition) is 4. The Labute approximate surface area is 345 Å². The minimum absolute atomic E-state index is 0.0439. The third kappa shape index (κ3) is 12.8. The van der Waals surface area contributed by atoms with Crippen LogP contribution >= 0.6 is 0 Å². The van der Waals surface area contributed by atoms with Crippen molar-refractivity contribution in [1.82, 2.24) is 4.90 Å². The van der Waals surface area contributed by atoms with Crippen LogP contribution in [0.25, 0.3) is 0 Å². The maximum Gasteiger partial charge on any atom is 0.329 e. The number of aliphatic hydroxyl groups is 4. The van der Waals surface area contributed by atoms with E-state index in [0.29, 0.717) is 62.5 Å². The Kier molecular flexibility index (Phi) is 18.1. The number of amides is 1. The monoisotopic (exact) mass is 814 g/mol. The summed E-state index contributed by atoms with van der Waals surface area (Å²) in [5.74, 6) is -6.11. The fourth-order valence-corrected chi connectivity index (χ4v) is 9.00. The van der Waals surface area contributed by atoms with Crippen molar-refractivity contribution < 1.29 is 53.8 Å². The lowest BCUT2D eigenvalue weighted by atomic mass is 9.79. The van der Waals surface area contributed by atoms with Gasteiger partial charge in [0.2, 0.25) is 5.79 Å².